The van der Waals surface area contributed by atoms with Crippen molar-refractivity contribution in [1.82, 2.24) is 0 Å². The summed E-state index contributed by atoms with van der Waals surface area (Å²) in [7, 11) is 0. The number of rotatable bonds is 6. The fourth-order valence-electron chi connectivity index (χ4n) is 0.462. The van der Waals surface area contributed by atoms with Crippen molar-refractivity contribution in [1.29, 1.82) is 0 Å². The first-order valence-electron chi connectivity index (χ1n) is 3.72. The highest BCUT2D eigenvalue weighted by Gasteiger charge is 2.01. The lowest BCUT2D eigenvalue weighted by Gasteiger charge is -2.03. The maximum absolute atomic E-state index is 10.7. The maximum atomic E-state index is 10.7. The molecule has 0 atom stereocenters. The third-order valence-electron chi connectivity index (χ3n) is 0.996. The molecule has 0 heterocycles. The van der Waals surface area contributed by atoms with E-state index in [-0.39, 0.29) is 0 Å². The van der Waals surface area contributed by atoms with Crippen molar-refractivity contribution in [3.63, 3.8) is 0 Å². The molecule has 0 aromatic heterocycles. The summed E-state index contributed by atoms with van der Waals surface area (Å²) < 4.78 is 9.45. The van der Waals surface area contributed by atoms with Crippen molar-refractivity contribution in [2.45, 2.75) is 12.8 Å². The quantitative estimate of drug-likeness (QED) is 0.430. The minimum Gasteiger partial charge on any atom is -0.434 e. The fraction of sp³-hybridized carbons (Fsp3) is 0.857. The van der Waals surface area contributed by atoms with Gasteiger partial charge in [-0.25, -0.2) is 4.79 Å². The highest BCUT2D eigenvalue weighted by atomic mass is 79.9. The molecular weight excluding hydrogens is 292 g/mol. The van der Waals surface area contributed by atoms with Crippen molar-refractivity contribution < 1.29 is 14.3 Å². The highest BCUT2D eigenvalue weighted by Crippen LogP contribution is 1.94. The van der Waals surface area contributed by atoms with E-state index in [1.807, 2.05) is 0 Å². The lowest BCUT2D eigenvalue weighted by atomic mass is 10.5. The Morgan fingerprint density at radius 3 is 1.75 bits per heavy atom. The van der Waals surface area contributed by atoms with Crippen LogP contribution in [0.4, 0.5) is 4.79 Å². The van der Waals surface area contributed by atoms with Gasteiger partial charge in [0.2, 0.25) is 0 Å². The Balaban J connectivity index is 3.10. The fourth-order valence-corrected chi connectivity index (χ4v) is 0.920. The van der Waals surface area contributed by atoms with Gasteiger partial charge >= 0.3 is 6.16 Å². The van der Waals surface area contributed by atoms with Gasteiger partial charge in [-0.15, -0.1) is 0 Å². The standard InChI is InChI=1S/C7H12Br2O3/c8-3-1-5-11-7(10)12-6-2-4-9/h1-6H2. The van der Waals surface area contributed by atoms with Crippen molar-refractivity contribution in [3.05, 3.63) is 0 Å². The van der Waals surface area contributed by atoms with Crippen molar-refractivity contribution >= 4 is 38.0 Å². The molecule has 12 heavy (non-hydrogen) atoms. The van der Waals surface area contributed by atoms with E-state index in [1.165, 1.54) is 0 Å². The number of ether oxygens (including phenoxy) is 2. The second kappa shape index (κ2) is 9.32. The lowest BCUT2D eigenvalue weighted by molar-refractivity contribution is 0.0560. The predicted octanol–water partition coefficient (Wildman–Crippen LogP) is 2.71. The van der Waals surface area contributed by atoms with E-state index < -0.39 is 6.16 Å². The molecule has 0 N–H and O–H groups in total. The van der Waals surface area contributed by atoms with Crippen molar-refractivity contribution in [3.8, 4) is 0 Å². The van der Waals surface area contributed by atoms with Crippen LogP contribution in [-0.4, -0.2) is 30.0 Å². The zero-order valence-electron chi connectivity index (χ0n) is 6.72. The molecule has 0 saturated carbocycles. The molecule has 0 aromatic rings. The first-order chi connectivity index (χ1) is 5.81. The minimum atomic E-state index is -0.572. The van der Waals surface area contributed by atoms with Gasteiger partial charge in [-0.3, -0.25) is 0 Å². The van der Waals surface area contributed by atoms with Gasteiger partial charge in [0.25, 0.3) is 0 Å². The van der Waals surface area contributed by atoms with Crippen LogP contribution in [0.25, 0.3) is 0 Å². The Hall–Kier alpha value is 0.230. The average Bonchev–Trinajstić information content (AvgIpc) is 2.06. The Bertz CT molecular complexity index is 107. The van der Waals surface area contributed by atoms with Gasteiger partial charge in [0, 0.05) is 10.7 Å². The molecule has 0 radical (unpaired) electrons. The Kier molecular flexibility index (Phi) is 9.50. The summed E-state index contributed by atoms with van der Waals surface area (Å²) in [5.41, 5.74) is 0. The molecule has 72 valence electrons. The number of alkyl halides is 2. The van der Waals surface area contributed by atoms with Crippen LogP contribution in [0.2, 0.25) is 0 Å². The van der Waals surface area contributed by atoms with Crippen molar-refractivity contribution in [2.75, 3.05) is 23.9 Å². The summed E-state index contributed by atoms with van der Waals surface area (Å²) in [5.74, 6) is 0. The van der Waals surface area contributed by atoms with E-state index >= 15 is 0 Å². The van der Waals surface area contributed by atoms with Gasteiger partial charge in [-0.1, -0.05) is 31.9 Å². The zero-order valence-corrected chi connectivity index (χ0v) is 9.90. The Labute approximate surface area is 89.1 Å². The maximum Gasteiger partial charge on any atom is 0.508 e. The van der Waals surface area contributed by atoms with Gasteiger partial charge in [0.05, 0.1) is 13.2 Å². The van der Waals surface area contributed by atoms with Crippen LogP contribution < -0.4 is 0 Å². The molecule has 0 bridgehead atoms. The number of hydrogen-bond donors (Lipinski definition) is 0. The number of carbonyl (C=O) groups excluding carboxylic acids is 1. The zero-order chi connectivity index (χ0) is 9.23. The first-order valence-corrected chi connectivity index (χ1v) is 5.97. The molecule has 0 amide bonds. The molecule has 0 aromatic carbocycles. The molecule has 0 aliphatic carbocycles. The van der Waals surface area contributed by atoms with Gasteiger partial charge in [-0.05, 0) is 12.8 Å². The Morgan fingerprint density at radius 2 is 1.42 bits per heavy atom. The summed E-state index contributed by atoms with van der Waals surface area (Å²) in [4.78, 5) is 10.7. The molecule has 0 aliphatic heterocycles. The molecule has 0 fully saturated rings. The summed E-state index contributed by atoms with van der Waals surface area (Å²) in [6, 6.07) is 0. The van der Waals surface area contributed by atoms with Crippen molar-refractivity contribution in [2.24, 2.45) is 0 Å². The lowest BCUT2D eigenvalue weighted by Crippen LogP contribution is -2.09. The molecule has 0 spiro atoms. The smallest absolute Gasteiger partial charge is 0.434 e. The topological polar surface area (TPSA) is 35.5 Å². The Morgan fingerprint density at radius 1 is 1.00 bits per heavy atom. The molecule has 0 saturated heterocycles. The van der Waals surface area contributed by atoms with Crippen LogP contribution in [0, 0.1) is 0 Å². The second-order valence-corrected chi connectivity index (χ2v) is 3.62. The molecule has 0 unspecified atom stereocenters. The number of carbonyl (C=O) groups is 1. The first kappa shape index (κ1) is 12.2. The number of hydrogen-bond acceptors (Lipinski definition) is 3. The summed E-state index contributed by atoms with van der Waals surface area (Å²) in [6.45, 7) is 0.830. The molecular formula is C7H12Br2O3. The second-order valence-electron chi connectivity index (χ2n) is 2.03. The average molecular weight is 304 g/mol. The van der Waals surface area contributed by atoms with Gasteiger partial charge in [-0.2, -0.15) is 0 Å². The summed E-state index contributed by atoms with van der Waals surface area (Å²) in [6.07, 6.45) is 1.05. The third-order valence-corrected chi connectivity index (χ3v) is 2.12. The van der Waals surface area contributed by atoms with Crippen LogP contribution >= 0.6 is 31.9 Å². The van der Waals surface area contributed by atoms with Crippen LogP contribution in [0.15, 0.2) is 0 Å². The van der Waals surface area contributed by atoms with E-state index in [9.17, 15) is 4.79 Å². The largest absolute Gasteiger partial charge is 0.508 e. The monoisotopic (exact) mass is 302 g/mol. The van der Waals surface area contributed by atoms with E-state index in [4.69, 9.17) is 9.47 Å². The van der Waals surface area contributed by atoms with Crippen LogP contribution in [0.1, 0.15) is 12.8 Å². The van der Waals surface area contributed by atoms with Gasteiger partial charge < -0.3 is 9.47 Å². The SMILES string of the molecule is O=C(OCCCBr)OCCCBr. The van der Waals surface area contributed by atoms with E-state index in [1.54, 1.807) is 0 Å². The van der Waals surface area contributed by atoms with Gasteiger partial charge in [0.1, 0.15) is 0 Å². The molecule has 0 rings (SSSR count). The minimum absolute atomic E-state index is 0.415. The predicted molar refractivity (Wildman–Crippen MR) is 54.1 cm³/mol. The number of halogens is 2. The molecule has 0 aliphatic rings. The highest BCUT2D eigenvalue weighted by molar-refractivity contribution is 9.09. The van der Waals surface area contributed by atoms with Gasteiger partial charge in [0.15, 0.2) is 0 Å². The normalized spacial score (nSPS) is 9.50. The summed E-state index contributed by atoms with van der Waals surface area (Å²) >= 11 is 6.45. The van der Waals surface area contributed by atoms with E-state index in [0.717, 1.165) is 23.5 Å². The molecule has 3 nitrogen and oxygen atoms in total. The third kappa shape index (κ3) is 8.33. The van der Waals surface area contributed by atoms with Crippen LogP contribution in [0.5, 0.6) is 0 Å². The van der Waals surface area contributed by atoms with E-state index in [0.29, 0.717) is 13.2 Å². The summed E-state index contributed by atoms with van der Waals surface area (Å²) in [5, 5.41) is 1.67. The van der Waals surface area contributed by atoms with E-state index in [2.05, 4.69) is 31.9 Å². The van der Waals surface area contributed by atoms with Crippen LogP contribution in [-0.2, 0) is 9.47 Å². The molecule has 5 heteroatoms. The van der Waals surface area contributed by atoms with Crippen LogP contribution in [0.3, 0.4) is 0 Å².